The van der Waals surface area contributed by atoms with Gasteiger partial charge < -0.3 is 4.74 Å². The Balaban J connectivity index is 1.40. The number of hydrogen-bond donors (Lipinski definition) is 1. The average Bonchev–Trinajstić information content (AvgIpc) is 2.78. The second-order valence-electron chi connectivity index (χ2n) is 6.83. The van der Waals surface area contributed by atoms with E-state index in [0.29, 0.717) is 12.2 Å². The molecule has 31 heavy (non-hydrogen) atoms. The van der Waals surface area contributed by atoms with Gasteiger partial charge in [-0.1, -0.05) is 64.5 Å². The first-order valence-electron chi connectivity index (χ1n) is 9.58. The lowest BCUT2D eigenvalue weighted by Gasteiger charge is -2.11. The van der Waals surface area contributed by atoms with Crippen molar-refractivity contribution >= 4 is 54.8 Å². The van der Waals surface area contributed by atoms with Crippen LogP contribution in [0.3, 0.4) is 0 Å². The van der Waals surface area contributed by atoms with Crippen molar-refractivity contribution < 1.29 is 9.53 Å². The van der Waals surface area contributed by atoms with E-state index in [9.17, 15) is 4.79 Å². The molecule has 1 N–H and O–H groups in total. The van der Waals surface area contributed by atoms with Gasteiger partial charge in [0.1, 0.15) is 12.4 Å². The van der Waals surface area contributed by atoms with Gasteiger partial charge in [-0.25, -0.2) is 5.43 Å². The number of rotatable bonds is 6. The Kier molecular flexibility index (Phi) is 6.79. The molecule has 0 spiro atoms. The largest absolute Gasteiger partial charge is 0.488 e. The molecule has 0 unspecified atom stereocenters. The highest BCUT2D eigenvalue weighted by atomic mass is 79.9. The van der Waals surface area contributed by atoms with Crippen LogP contribution in [-0.4, -0.2) is 12.1 Å². The van der Waals surface area contributed by atoms with Gasteiger partial charge in [-0.2, -0.15) is 5.10 Å². The monoisotopic (exact) mass is 536 g/mol. The number of benzene rings is 4. The van der Waals surface area contributed by atoms with Crippen molar-refractivity contribution in [3.63, 3.8) is 0 Å². The fourth-order valence-electron chi connectivity index (χ4n) is 3.15. The minimum atomic E-state index is -0.272. The molecule has 4 aromatic rings. The van der Waals surface area contributed by atoms with E-state index >= 15 is 0 Å². The first kappa shape index (κ1) is 21.3. The second-order valence-corrected chi connectivity index (χ2v) is 8.60. The summed E-state index contributed by atoms with van der Waals surface area (Å²) in [6.45, 7) is 0.468. The summed E-state index contributed by atoms with van der Waals surface area (Å²) in [7, 11) is 0. The van der Waals surface area contributed by atoms with Crippen molar-refractivity contribution in [1.29, 1.82) is 0 Å². The molecule has 0 aromatic heterocycles. The smallest absolute Gasteiger partial charge is 0.271 e. The Labute approximate surface area is 197 Å². The average molecular weight is 538 g/mol. The van der Waals surface area contributed by atoms with Gasteiger partial charge in [-0.3, -0.25) is 4.79 Å². The molecular weight excluding hydrogens is 520 g/mol. The zero-order valence-electron chi connectivity index (χ0n) is 16.4. The van der Waals surface area contributed by atoms with E-state index in [-0.39, 0.29) is 5.91 Å². The van der Waals surface area contributed by atoms with E-state index in [4.69, 9.17) is 4.74 Å². The van der Waals surface area contributed by atoms with Crippen LogP contribution in [0.4, 0.5) is 0 Å². The quantitative estimate of drug-likeness (QED) is 0.219. The topological polar surface area (TPSA) is 50.7 Å². The normalized spacial score (nSPS) is 11.0. The number of halogens is 2. The molecule has 0 aliphatic rings. The van der Waals surface area contributed by atoms with Crippen LogP contribution in [-0.2, 0) is 6.61 Å². The van der Waals surface area contributed by atoms with Crippen molar-refractivity contribution in [1.82, 2.24) is 5.43 Å². The lowest BCUT2D eigenvalue weighted by atomic mass is 10.1. The van der Waals surface area contributed by atoms with Gasteiger partial charge >= 0.3 is 0 Å². The predicted molar refractivity (Wildman–Crippen MR) is 132 cm³/mol. The van der Waals surface area contributed by atoms with Crippen LogP contribution in [0.5, 0.6) is 5.75 Å². The van der Waals surface area contributed by atoms with E-state index in [1.165, 1.54) is 10.8 Å². The van der Waals surface area contributed by atoms with Crippen LogP contribution in [0.25, 0.3) is 10.8 Å². The highest BCUT2D eigenvalue weighted by Crippen LogP contribution is 2.27. The van der Waals surface area contributed by atoms with Crippen molar-refractivity contribution in [3.05, 3.63) is 111 Å². The number of hydrazone groups is 1. The third kappa shape index (κ3) is 5.40. The van der Waals surface area contributed by atoms with Crippen molar-refractivity contribution in [2.45, 2.75) is 6.61 Å². The fourth-order valence-corrected chi connectivity index (χ4v) is 4.06. The van der Waals surface area contributed by atoms with Crippen LogP contribution in [0.15, 0.2) is 99.0 Å². The van der Waals surface area contributed by atoms with Gasteiger partial charge in [0, 0.05) is 10.0 Å². The molecule has 0 saturated heterocycles. The maximum absolute atomic E-state index is 12.1. The van der Waals surface area contributed by atoms with E-state index in [2.05, 4.69) is 66.7 Å². The van der Waals surface area contributed by atoms with Crippen LogP contribution < -0.4 is 10.2 Å². The van der Waals surface area contributed by atoms with Gasteiger partial charge in [-0.05, 0) is 74.2 Å². The molecule has 154 valence electrons. The lowest BCUT2D eigenvalue weighted by molar-refractivity contribution is 0.0955. The van der Waals surface area contributed by atoms with Gasteiger partial charge in [0.2, 0.25) is 0 Å². The van der Waals surface area contributed by atoms with Crippen LogP contribution in [0.1, 0.15) is 21.5 Å². The van der Waals surface area contributed by atoms with Crippen LogP contribution in [0, 0.1) is 0 Å². The fraction of sp³-hybridized carbons (Fsp3) is 0.0400. The molecular formula is C25H18Br2N2O2. The second kappa shape index (κ2) is 9.90. The summed E-state index contributed by atoms with van der Waals surface area (Å²) in [5, 5.41) is 6.42. The maximum Gasteiger partial charge on any atom is 0.271 e. The summed E-state index contributed by atoms with van der Waals surface area (Å²) >= 11 is 6.91. The molecule has 4 aromatic carbocycles. The third-order valence-electron chi connectivity index (χ3n) is 4.69. The summed E-state index contributed by atoms with van der Waals surface area (Å²) in [5.41, 5.74) is 5.03. The Morgan fingerprint density at radius 2 is 1.74 bits per heavy atom. The molecule has 0 radical (unpaired) electrons. The molecule has 0 aliphatic heterocycles. The Morgan fingerprint density at radius 1 is 0.935 bits per heavy atom. The molecule has 4 rings (SSSR count). The van der Waals surface area contributed by atoms with Crippen LogP contribution >= 0.6 is 31.9 Å². The van der Waals surface area contributed by atoms with E-state index in [1.807, 2.05) is 42.5 Å². The van der Waals surface area contributed by atoms with Gasteiger partial charge in [0.05, 0.1) is 10.7 Å². The molecule has 0 atom stereocenters. The summed E-state index contributed by atoms with van der Waals surface area (Å²) < 4.78 is 7.69. The predicted octanol–water partition coefficient (Wildman–Crippen LogP) is 6.71. The molecule has 6 heteroatoms. The number of nitrogens with one attached hydrogen (secondary N) is 1. The standard InChI is InChI=1S/C25H18Br2N2O2/c26-21-9-4-7-19(14-21)25(30)29-28-15-17-11-12-24(23(27)13-17)31-16-20-8-3-6-18-5-1-2-10-22(18)20/h1-15H,16H2,(H,29,30)/b28-15-. The summed E-state index contributed by atoms with van der Waals surface area (Å²) in [5.74, 6) is 0.468. The number of carbonyl (C=O) groups is 1. The van der Waals surface area contributed by atoms with Crippen molar-refractivity contribution in [3.8, 4) is 5.75 Å². The van der Waals surface area contributed by atoms with E-state index in [0.717, 1.165) is 25.8 Å². The first-order valence-corrected chi connectivity index (χ1v) is 11.2. The van der Waals surface area contributed by atoms with Crippen molar-refractivity contribution in [2.75, 3.05) is 0 Å². The third-order valence-corrected chi connectivity index (χ3v) is 5.80. The van der Waals surface area contributed by atoms with Gasteiger partial charge in [0.15, 0.2) is 0 Å². The number of hydrogen-bond acceptors (Lipinski definition) is 3. The summed E-state index contributed by atoms with van der Waals surface area (Å²) in [4.78, 5) is 12.1. The zero-order chi connectivity index (χ0) is 21.6. The number of amides is 1. The minimum Gasteiger partial charge on any atom is -0.488 e. The summed E-state index contributed by atoms with van der Waals surface area (Å²) in [6, 6.07) is 27.3. The molecule has 4 nitrogen and oxygen atoms in total. The van der Waals surface area contributed by atoms with Gasteiger partial charge in [-0.15, -0.1) is 0 Å². The molecule has 0 bridgehead atoms. The molecule has 1 amide bonds. The Bertz CT molecular complexity index is 1270. The molecule has 0 aliphatic carbocycles. The highest BCUT2D eigenvalue weighted by molar-refractivity contribution is 9.10. The van der Waals surface area contributed by atoms with E-state index in [1.54, 1.807) is 24.4 Å². The Hall–Kier alpha value is -2.96. The SMILES string of the molecule is O=C(N/N=C\c1ccc(OCc2cccc3ccccc23)c(Br)c1)c1cccc(Br)c1. The molecule has 0 heterocycles. The number of nitrogens with zero attached hydrogens (tertiary/aromatic N) is 1. The van der Waals surface area contributed by atoms with Crippen molar-refractivity contribution in [2.24, 2.45) is 5.10 Å². The number of carbonyl (C=O) groups excluding carboxylic acids is 1. The lowest BCUT2D eigenvalue weighted by Crippen LogP contribution is -2.17. The first-order chi connectivity index (χ1) is 15.1. The van der Waals surface area contributed by atoms with Gasteiger partial charge in [0.25, 0.3) is 5.91 Å². The number of fused-ring (bicyclic) bond motifs is 1. The maximum atomic E-state index is 12.1. The molecule has 0 fully saturated rings. The molecule has 0 saturated carbocycles. The number of ether oxygens (including phenoxy) is 1. The Morgan fingerprint density at radius 3 is 2.58 bits per heavy atom. The van der Waals surface area contributed by atoms with Crippen LogP contribution in [0.2, 0.25) is 0 Å². The summed E-state index contributed by atoms with van der Waals surface area (Å²) in [6.07, 6.45) is 1.59. The minimum absolute atomic E-state index is 0.272. The zero-order valence-corrected chi connectivity index (χ0v) is 19.6. The highest BCUT2D eigenvalue weighted by Gasteiger charge is 2.06. The van der Waals surface area contributed by atoms with E-state index < -0.39 is 0 Å².